The Morgan fingerprint density at radius 3 is 2.72 bits per heavy atom. The predicted molar refractivity (Wildman–Crippen MR) is 74.6 cm³/mol. The molecule has 1 aromatic heterocycles. The van der Waals surface area contributed by atoms with Crippen LogP contribution in [-0.2, 0) is 0 Å². The summed E-state index contributed by atoms with van der Waals surface area (Å²) in [5, 5.41) is 0. The smallest absolute Gasteiger partial charge is 0.256 e. The fraction of sp³-hybridized carbons (Fsp3) is 0.538. The van der Waals surface area contributed by atoms with Crippen LogP contribution in [0.15, 0.2) is 22.9 Å². The van der Waals surface area contributed by atoms with Crippen LogP contribution in [0, 0.1) is 0 Å². The maximum absolute atomic E-state index is 12.3. The molecule has 1 aliphatic rings. The van der Waals surface area contributed by atoms with Crippen LogP contribution in [0.1, 0.15) is 23.7 Å². The summed E-state index contributed by atoms with van der Waals surface area (Å²) in [5.74, 6) is 0.0751. The van der Waals surface area contributed by atoms with E-state index in [2.05, 4.69) is 32.7 Å². The minimum atomic E-state index is 0.0751. The number of piperazine rings is 1. The Balaban J connectivity index is 1.98. The summed E-state index contributed by atoms with van der Waals surface area (Å²) in [4.78, 5) is 20.7. The summed E-state index contributed by atoms with van der Waals surface area (Å²) < 4.78 is 0.631. The quantitative estimate of drug-likeness (QED) is 0.801. The van der Waals surface area contributed by atoms with E-state index < -0.39 is 0 Å². The lowest BCUT2D eigenvalue weighted by atomic mass is 10.2. The molecule has 0 aromatic carbocycles. The molecule has 1 amide bonds. The van der Waals surface area contributed by atoms with E-state index in [4.69, 9.17) is 0 Å². The number of halogens is 1. The number of aromatic nitrogens is 1. The molecule has 0 N–H and O–H groups in total. The number of rotatable bonds is 3. The van der Waals surface area contributed by atoms with Crippen LogP contribution in [0.25, 0.3) is 0 Å². The summed E-state index contributed by atoms with van der Waals surface area (Å²) >= 11 is 3.33. The zero-order valence-electron chi connectivity index (χ0n) is 10.6. The second-order valence-corrected chi connectivity index (χ2v) is 5.23. The molecular weight excluding hydrogens is 294 g/mol. The first kappa shape index (κ1) is 13.5. The SMILES string of the molecule is CCCN1CCN(C(=O)c2cccnc2Br)CC1. The van der Waals surface area contributed by atoms with Crippen molar-refractivity contribution >= 4 is 21.8 Å². The molecule has 1 aromatic rings. The van der Waals surface area contributed by atoms with E-state index in [1.54, 1.807) is 12.3 Å². The average molecular weight is 312 g/mol. The van der Waals surface area contributed by atoms with E-state index in [0.717, 1.165) is 32.7 Å². The van der Waals surface area contributed by atoms with E-state index in [-0.39, 0.29) is 5.91 Å². The van der Waals surface area contributed by atoms with Gasteiger partial charge in [-0.1, -0.05) is 6.92 Å². The Bertz CT molecular complexity index is 416. The maximum atomic E-state index is 12.3. The van der Waals surface area contributed by atoms with Crippen LogP contribution in [0.3, 0.4) is 0 Å². The topological polar surface area (TPSA) is 36.4 Å². The highest BCUT2D eigenvalue weighted by molar-refractivity contribution is 9.10. The summed E-state index contributed by atoms with van der Waals surface area (Å²) in [7, 11) is 0. The second kappa shape index (κ2) is 6.29. The standard InChI is InChI=1S/C13H18BrN3O/c1-2-6-16-7-9-17(10-8-16)13(18)11-4-3-5-15-12(11)14/h3-5H,2,6-10H2,1H3. The van der Waals surface area contributed by atoms with E-state index in [1.807, 2.05) is 11.0 Å². The zero-order valence-corrected chi connectivity index (χ0v) is 12.2. The lowest BCUT2D eigenvalue weighted by Crippen LogP contribution is -2.48. The van der Waals surface area contributed by atoms with Gasteiger partial charge in [-0.3, -0.25) is 9.69 Å². The van der Waals surface area contributed by atoms with Crippen molar-refractivity contribution in [3.8, 4) is 0 Å². The van der Waals surface area contributed by atoms with Gasteiger partial charge in [-0.15, -0.1) is 0 Å². The number of carbonyl (C=O) groups is 1. The molecular formula is C13H18BrN3O. The van der Waals surface area contributed by atoms with Crippen LogP contribution >= 0.6 is 15.9 Å². The molecule has 0 unspecified atom stereocenters. The number of hydrogen-bond donors (Lipinski definition) is 0. The Kier molecular flexibility index (Phi) is 4.72. The fourth-order valence-electron chi connectivity index (χ4n) is 2.21. The zero-order chi connectivity index (χ0) is 13.0. The Morgan fingerprint density at radius 2 is 2.11 bits per heavy atom. The monoisotopic (exact) mass is 311 g/mol. The van der Waals surface area contributed by atoms with Gasteiger partial charge >= 0.3 is 0 Å². The Labute approximate surface area is 116 Å². The maximum Gasteiger partial charge on any atom is 0.256 e. The summed E-state index contributed by atoms with van der Waals surface area (Å²) in [6.07, 6.45) is 2.85. The largest absolute Gasteiger partial charge is 0.336 e. The Hall–Kier alpha value is -0.940. The van der Waals surface area contributed by atoms with Crippen LogP contribution in [0.4, 0.5) is 0 Å². The van der Waals surface area contributed by atoms with Crippen LogP contribution in [0.2, 0.25) is 0 Å². The van der Waals surface area contributed by atoms with Crippen molar-refractivity contribution in [1.82, 2.24) is 14.8 Å². The summed E-state index contributed by atoms with van der Waals surface area (Å²) in [6, 6.07) is 3.61. The molecule has 5 heteroatoms. The van der Waals surface area contributed by atoms with Gasteiger partial charge in [0.25, 0.3) is 5.91 Å². The Morgan fingerprint density at radius 1 is 1.39 bits per heavy atom. The molecule has 0 saturated carbocycles. The number of pyridine rings is 1. The van der Waals surface area contributed by atoms with Gasteiger partial charge < -0.3 is 4.90 Å². The third kappa shape index (κ3) is 3.09. The van der Waals surface area contributed by atoms with E-state index in [0.29, 0.717) is 10.2 Å². The molecule has 1 aliphatic heterocycles. The molecule has 98 valence electrons. The highest BCUT2D eigenvalue weighted by Gasteiger charge is 2.23. The predicted octanol–water partition coefficient (Wildman–Crippen LogP) is 2.01. The average Bonchev–Trinajstić information content (AvgIpc) is 2.40. The third-order valence-corrected chi connectivity index (χ3v) is 3.82. The van der Waals surface area contributed by atoms with E-state index in [1.165, 1.54) is 6.42 Å². The first-order valence-electron chi connectivity index (χ1n) is 6.34. The number of nitrogens with zero attached hydrogens (tertiary/aromatic N) is 3. The summed E-state index contributed by atoms with van der Waals surface area (Å²) in [6.45, 7) is 6.86. The van der Waals surface area contributed by atoms with Gasteiger partial charge in [0.1, 0.15) is 4.60 Å². The molecule has 0 bridgehead atoms. The molecule has 18 heavy (non-hydrogen) atoms. The first-order chi connectivity index (χ1) is 8.72. The van der Waals surface area contributed by atoms with Gasteiger partial charge in [0.15, 0.2) is 0 Å². The molecule has 0 aliphatic carbocycles. The van der Waals surface area contributed by atoms with Crippen molar-refractivity contribution < 1.29 is 4.79 Å². The van der Waals surface area contributed by atoms with Crippen molar-refractivity contribution in [3.05, 3.63) is 28.5 Å². The number of hydrogen-bond acceptors (Lipinski definition) is 3. The first-order valence-corrected chi connectivity index (χ1v) is 7.14. The van der Waals surface area contributed by atoms with Gasteiger partial charge in [0.2, 0.25) is 0 Å². The molecule has 2 heterocycles. The number of amides is 1. The minimum absolute atomic E-state index is 0.0751. The molecule has 0 radical (unpaired) electrons. The van der Waals surface area contributed by atoms with Gasteiger partial charge in [-0.2, -0.15) is 0 Å². The van der Waals surface area contributed by atoms with Crippen molar-refractivity contribution in [2.24, 2.45) is 0 Å². The van der Waals surface area contributed by atoms with Crippen molar-refractivity contribution in [2.45, 2.75) is 13.3 Å². The lowest BCUT2D eigenvalue weighted by Gasteiger charge is -2.34. The van der Waals surface area contributed by atoms with Crippen LogP contribution in [0.5, 0.6) is 0 Å². The van der Waals surface area contributed by atoms with Crippen LogP contribution in [-0.4, -0.2) is 53.4 Å². The summed E-state index contributed by atoms with van der Waals surface area (Å²) in [5.41, 5.74) is 0.654. The molecule has 4 nitrogen and oxygen atoms in total. The number of carbonyl (C=O) groups excluding carboxylic acids is 1. The van der Waals surface area contributed by atoms with Gasteiger partial charge in [-0.05, 0) is 41.0 Å². The van der Waals surface area contributed by atoms with Crippen LogP contribution < -0.4 is 0 Å². The molecule has 0 spiro atoms. The molecule has 0 atom stereocenters. The molecule has 2 rings (SSSR count). The highest BCUT2D eigenvalue weighted by Crippen LogP contribution is 2.16. The highest BCUT2D eigenvalue weighted by atomic mass is 79.9. The van der Waals surface area contributed by atoms with Crippen molar-refractivity contribution in [2.75, 3.05) is 32.7 Å². The normalized spacial score (nSPS) is 16.9. The lowest BCUT2D eigenvalue weighted by molar-refractivity contribution is 0.0636. The fourth-order valence-corrected chi connectivity index (χ4v) is 2.63. The van der Waals surface area contributed by atoms with Gasteiger partial charge in [0, 0.05) is 32.4 Å². The van der Waals surface area contributed by atoms with Gasteiger partial charge in [0.05, 0.1) is 5.56 Å². The minimum Gasteiger partial charge on any atom is -0.336 e. The molecule has 1 fully saturated rings. The van der Waals surface area contributed by atoms with E-state index >= 15 is 0 Å². The third-order valence-electron chi connectivity index (χ3n) is 3.19. The van der Waals surface area contributed by atoms with E-state index in [9.17, 15) is 4.79 Å². The molecule has 1 saturated heterocycles. The second-order valence-electron chi connectivity index (χ2n) is 4.48. The van der Waals surface area contributed by atoms with Crippen molar-refractivity contribution in [3.63, 3.8) is 0 Å². The van der Waals surface area contributed by atoms with Crippen molar-refractivity contribution in [1.29, 1.82) is 0 Å². The van der Waals surface area contributed by atoms with Gasteiger partial charge in [-0.25, -0.2) is 4.98 Å².